The van der Waals surface area contributed by atoms with Gasteiger partial charge < -0.3 is 10.3 Å². The molecule has 0 saturated heterocycles. The van der Waals surface area contributed by atoms with E-state index in [0.29, 0.717) is 12.1 Å². The van der Waals surface area contributed by atoms with Crippen molar-refractivity contribution in [3.63, 3.8) is 0 Å². The molecule has 2 N–H and O–H groups in total. The molecule has 2 rings (SSSR count). The van der Waals surface area contributed by atoms with Crippen LogP contribution in [0.4, 0.5) is 18.9 Å². The van der Waals surface area contributed by atoms with Crippen molar-refractivity contribution in [1.29, 1.82) is 0 Å². The lowest BCUT2D eigenvalue weighted by molar-refractivity contribution is -0.115. The summed E-state index contributed by atoms with van der Waals surface area (Å²) in [6, 6.07) is 3.07. The molecule has 1 atom stereocenters. The number of aromatic amines is 1. The molecule has 0 aliphatic rings. The molecule has 2 aromatic rings. The van der Waals surface area contributed by atoms with E-state index in [-0.39, 0.29) is 10.7 Å². The second kappa shape index (κ2) is 8.88. The second-order valence-electron chi connectivity index (χ2n) is 5.62. The highest BCUT2D eigenvalue weighted by molar-refractivity contribution is 8.00. The number of nitrogens with zero attached hydrogens (tertiary/aromatic N) is 1. The number of anilines is 1. The van der Waals surface area contributed by atoms with E-state index >= 15 is 0 Å². The summed E-state index contributed by atoms with van der Waals surface area (Å²) in [5.74, 6) is -5.10. The first-order valence-electron chi connectivity index (χ1n) is 8.03. The summed E-state index contributed by atoms with van der Waals surface area (Å²) in [5.41, 5.74) is -0.162. The molecule has 140 valence electrons. The van der Waals surface area contributed by atoms with Crippen LogP contribution in [0.5, 0.6) is 0 Å². The average Bonchev–Trinajstić information content (AvgIpc) is 2.59. The minimum absolute atomic E-state index is 0.261. The fraction of sp³-hybridized carbons (Fsp3) is 0.353. The first-order valence-corrected chi connectivity index (χ1v) is 8.91. The number of benzene rings is 1. The van der Waals surface area contributed by atoms with Crippen molar-refractivity contribution in [1.82, 2.24) is 9.97 Å². The molecule has 5 nitrogen and oxygen atoms in total. The summed E-state index contributed by atoms with van der Waals surface area (Å²) < 4.78 is 39.8. The van der Waals surface area contributed by atoms with Gasteiger partial charge in [-0.15, -0.1) is 0 Å². The molecule has 0 saturated carbocycles. The van der Waals surface area contributed by atoms with Crippen molar-refractivity contribution < 1.29 is 18.0 Å². The number of aromatic nitrogens is 2. The quantitative estimate of drug-likeness (QED) is 0.433. The zero-order valence-corrected chi connectivity index (χ0v) is 15.1. The van der Waals surface area contributed by atoms with Gasteiger partial charge in [0.25, 0.3) is 5.56 Å². The zero-order valence-electron chi connectivity index (χ0n) is 14.2. The van der Waals surface area contributed by atoms with Crippen LogP contribution in [-0.2, 0) is 11.2 Å². The fourth-order valence-corrected chi connectivity index (χ4v) is 2.93. The predicted molar refractivity (Wildman–Crippen MR) is 93.7 cm³/mol. The van der Waals surface area contributed by atoms with E-state index in [1.54, 1.807) is 0 Å². The van der Waals surface area contributed by atoms with Crippen LogP contribution in [0.1, 0.15) is 32.4 Å². The van der Waals surface area contributed by atoms with E-state index in [4.69, 9.17) is 0 Å². The van der Waals surface area contributed by atoms with Crippen LogP contribution in [0, 0.1) is 17.5 Å². The van der Waals surface area contributed by atoms with Gasteiger partial charge >= 0.3 is 0 Å². The minimum Gasteiger partial charge on any atom is -0.323 e. The first kappa shape index (κ1) is 20.0. The van der Waals surface area contributed by atoms with E-state index in [1.807, 2.05) is 6.92 Å². The molecule has 0 bridgehead atoms. The third-order valence-corrected chi connectivity index (χ3v) is 4.49. The normalized spacial score (nSPS) is 12.0. The van der Waals surface area contributed by atoms with Crippen LogP contribution in [0.2, 0.25) is 0 Å². The average molecular weight is 385 g/mol. The van der Waals surface area contributed by atoms with Gasteiger partial charge in [0.15, 0.2) is 22.6 Å². The summed E-state index contributed by atoms with van der Waals surface area (Å²) in [5, 5.41) is 1.70. The van der Waals surface area contributed by atoms with Gasteiger partial charge in [-0.3, -0.25) is 9.59 Å². The zero-order chi connectivity index (χ0) is 19.3. The van der Waals surface area contributed by atoms with Crippen molar-refractivity contribution in [2.45, 2.75) is 43.5 Å². The molecule has 1 heterocycles. The molecular formula is C17H18F3N3O2S. The van der Waals surface area contributed by atoms with Gasteiger partial charge in [0, 0.05) is 11.8 Å². The highest BCUT2D eigenvalue weighted by atomic mass is 32.2. The van der Waals surface area contributed by atoms with Gasteiger partial charge in [-0.1, -0.05) is 25.1 Å². The molecule has 0 fully saturated rings. The highest BCUT2D eigenvalue weighted by Crippen LogP contribution is 2.23. The Morgan fingerprint density at radius 1 is 1.31 bits per heavy atom. The van der Waals surface area contributed by atoms with Gasteiger partial charge in [-0.25, -0.2) is 18.2 Å². The Balaban J connectivity index is 2.09. The molecule has 9 heteroatoms. The van der Waals surface area contributed by atoms with E-state index in [9.17, 15) is 22.8 Å². The lowest BCUT2D eigenvalue weighted by atomic mass is 10.2. The first-order chi connectivity index (χ1) is 12.3. The van der Waals surface area contributed by atoms with Gasteiger partial charge in [0.05, 0.1) is 10.9 Å². The number of H-pyrrole nitrogens is 1. The maximum atomic E-state index is 13.6. The summed E-state index contributed by atoms with van der Waals surface area (Å²) in [7, 11) is 0. The number of carbonyl (C=O) groups is 1. The van der Waals surface area contributed by atoms with Gasteiger partial charge in [-0.05, 0) is 31.9 Å². The van der Waals surface area contributed by atoms with Crippen molar-refractivity contribution in [3.05, 3.63) is 51.7 Å². The highest BCUT2D eigenvalue weighted by Gasteiger charge is 2.20. The maximum absolute atomic E-state index is 13.6. The Morgan fingerprint density at radius 2 is 2.04 bits per heavy atom. The van der Waals surface area contributed by atoms with Crippen molar-refractivity contribution >= 4 is 23.4 Å². The van der Waals surface area contributed by atoms with Gasteiger partial charge in [-0.2, -0.15) is 0 Å². The molecule has 1 amide bonds. The van der Waals surface area contributed by atoms with Gasteiger partial charge in [0.2, 0.25) is 5.91 Å². The van der Waals surface area contributed by atoms with Crippen LogP contribution < -0.4 is 10.9 Å². The van der Waals surface area contributed by atoms with Crippen molar-refractivity contribution in [3.8, 4) is 0 Å². The number of thioether (sulfide) groups is 1. The van der Waals surface area contributed by atoms with Gasteiger partial charge in [0.1, 0.15) is 0 Å². The number of carbonyl (C=O) groups excluding carboxylic acids is 1. The lowest BCUT2D eigenvalue weighted by Gasteiger charge is -2.12. The Hall–Kier alpha value is -2.29. The van der Waals surface area contributed by atoms with Crippen LogP contribution in [0.25, 0.3) is 0 Å². The Kier molecular flexibility index (Phi) is 6.84. The molecule has 0 aliphatic carbocycles. The van der Waals surface area contributed by atoms with E-state index in [1.165, 1.54) is 13.0 Å². The summed E-state index contributed by atoms with van der Waals surface area (Å²) in [4.78, 5) is 30.7. The minimum atomic E-state index is -1.65. The number of rotatable bonds is 7. The van der Waals surface area contributed by atoms with Crippen LogP contribution in [0.3, 0.4) is 0 Å². The summed E-state index contributed by atoms with van der Waals surface area (Å²) >= 11 is 0.977. The van der Waals surface area contributed by atoms with Crippen LogP contribution >= 0.6 is 11.8 Å². The maximum Gasteiger partial charge on any atom is 0.251 e. The monoisotopic (exact) mass is 385 g/mol. The molecule has 1 aromatic heterocycles. The largest absolute Gasteiger partial charge is 0.323 e. The third-order valence-electron chi connectivity index (χ3n) is 3.51. The number of aryl methyl sites for hydroxylation is 1. The number of halogens is 3. The van der Waals surface area contributed by atoms with E-state index in [0.717, 1.165) is 36.7 Å². The number of amides is 1. The number of hydrogen-bond acceptors (Lipinski definition) is 4. The van der Waals surface area contributed by atoms with Crippen molar-refractivity contribution in [2.24, 2.45) is 0 Å². The molecular weight excluding hydrogens is 367 g/mol. The van der Waals surface area contributed by atoms with E-state index < -0.39 is 34.3 Å². The van der Waals surface area contributed by atoms with Crippen LogP contribution in [-0.4, -0.2) is 21.1 Å². The second-order valence-corrected chi connectivity index (χ2v) is 6.95. The Bertz CT molecular complexity index is 858. The van der Waals surface area contributed by atoms with Crippen LogP contribution in [0.15, 0.2) is 28.2 Å². The Morgan fingerprint density at radius 3 is 2.73 bits per heavy atom. The number of unbranched alkanes of at least 4 members (excludes halogenated alkanes) is 1. The SMILES string of the molecule is CCCCc1cc(=O)[nH]c(SC(C)C(=O)Nc2ccc(F)c(F)c2F)n1. The molecule has 26 heavy (non-hydrogen) atoms. The summed E-state index contributed by atoms with van der Waals surface area (Å²) in [6.45, 7) is 3.54. The predicted octanol–water partition coefficient (Wildman–Crippen LogP) is 3.65. The fourth-order valence-electron chi connectivity index (χ4n) is 2.10. The summed E-state index contributed by atoms with van der Waals surface area (Å²) in [6.07, 6.45) is 2.48. The molecule has 1 aromatic carbocycles. The lowest BCUT2D eigenvalue weighted by Crippen LogP contribution is -2.24. The third kappa shape index (κ3) is 5.10. The standard InChI is InChI=1S/C17H18F3N3O2S/c1-3-4-5-10-8-13(24)23-17(21-10)26-9(2)16(25)22-12-7-6-11(18)14(19)15(12)20/h6-9H,3-5H2,1-2H3,(H,22,25)(H,21,23,24). The molecule has 0 radical (unpaired) electrons. The van der Waals surface area contributed by atoms with E-state index in [2.05, 4.69) is 15.3 Å². The Labute approximate surface area is 152 Å². The smallest absolute Gasteiger partial charge is 0.251 e. The molecule has 1 unspecified atom stereocenters. The number of nitrogens with one attached hydrogen (secondary N) is 2. The number of hydrogen-bond donors (Lipinski definition) is 2. The topological polar surface area (TPSA) is 74.8 Å². The van der Waals surface area contributed by atoms with Crippen molar-refractivity contribution in [2.75, 3.05) is 5.32 Å². The molecule has 0 aliphatic heterocycles. The molecule has 0 spiro atoms.